The Balaban J connectivity index is 2.67. The smallest absolute Gasteiger partial charge is 0.257 e. The molecular formula is C13H9N3O2. The van der Waals surface area contributed by atoms with Crippen LogP contribution in [-0.2, 0) is 0 Å². The molecule has 0 aliphatic carbocycles. The molecule has 0 fully saturated rings. The van der Waals surface area contributed by atoms with Gasteiger partial charge in [0.25, 0.3) is 5.56 Å². The summed E-state index contributed by atoms with van der Waals surface area (Å²) in [7, 11) is 0. The van der Waals surface area contributed by atoms with E-state index < -0.39 is 5.91 Å². The second kappa shape index (κ2) is 3.66. The summed E-state index contributed by atoms with van der Waals surface area (Å²) in [5.41, 5.74) is 5.85. The lowest BCUT2D eigenvalue weighted by atomic mass is 10.0. The van der Waals surface area contributed by atoms with Crippen LogP contribution >= 0.6 is 0 Å². The van der Waals surface area contributed by atoms with Gasteiger partial charge in [-0.1, -0.05) is 18.2 Å². The van der Waals surface area contributed by atoms with Gasteiger partial charge < -0.3 is 10.7 Å². The SMILES string of the molecule is NC(=O)c1ccnc2[nH]c(=O)c3ccccc3c12. The minimum atomic E-state index is -0.542. The minimum Gasteiger partial charge on any atom is -0.366 e. The van der Waals surface area contributed by atoms with Crippen molar-refractivity contribution < 1.29 is 4.79 Å². The Morgan fingerprint density at radius 2 is 1.89 bits per heavy atom. The third kappa shape index (κ3) is 1.37. The van der Waals surface area contributed by atoms with E-state index in [1.807, 2.05) is 0 Å². The van der Waals surface area contributed by atoms with Gasteiger partial charge in [0, 0.05) is 17.0 Å². The number of hydrogen-bond acceptors (Lipinski definition) is 3. The second-order valence-corrected chi connectivity index (χ2v) is 3.95. The molecule has 3 N–H and O–H groups in total. The number of H-pyrrole nitrogens is 1. The maximum Gasteiger partial charge on any atom is 0.257 e. The van der Waals surface area contributed by atoms with Crippen LogP contribution in [0.1, 0.15) is 10.4 Å². The van der Waals surface area contributed by atoms with Crippen LogP contribution in [0.5, 0.6) is 0 Å². The zero-order valence-corrected chi connectivity index (χ0v) is 9.31. The number of nitrogens with one attached hydrogen (secondary N) is 1. The molecule has 0 radical (unpaired) electrons. The topological polar surface area (TPSA) is 88.8 Å². The minimum absolute atomic E-state index is 0.229. The van der Waals surface area contributed by atoms with Gasteiger partial charge in [0.15, 0.2) is 0 Å². The normalized spacial score (nSPS) is 10.9. The summed E-state index contributed by atoms with van der Waals surface area (Å²) in [6.45, 7) is 0. The Labute approximate surface area is 101 Å². The zero-order valence-electron chi connectivity index (χ0n) is 9.31. The first-order valence-corrected chi connectivity index (χ1v) is 5.38. The van der Waals surface area contributed by atoms with Gasteiger partial charge >= 0.3 is 0 Å². The predicted octanol–water partition coefficient (Wildman–Crippen LogP) is 1.18. The molecule has 0 atom stereocenters. The van der Waals surface area contributed by atoms with Gasteiger partial charge in [-0.15, -0.1) is 0 Å². The number of aromatic amines is 1. The monoisotopic (exact) mass is 239 g/mol. The number of fused-ring (bicyclic) bond motifs is 3. The van der Waals surface area contributed by atoms with E-state index in [-0.39, 0.29) is 5.56 Å². The standard InChI is InChI=1S/C13H9N3O2/c14-11(17)9-5-6-15-12-10(9)7-3-1-2-4-8(7)13(18)16-12/h1-6H,(H2,14,17)(H,15,16,18). The van der Waals surface area contributed by atoms with Crippen molar-refractivity contribution in [2.75, 3.05) is 0 Å². The molecule has 88 valence electrons. The van der Waals surface area contributed by atoms with E-state index in [1.54, 1.807) is 30.3 Å². The number of carbonyl (C=O) groups is 1. The molecule has 1 amide bonds. The highest BCUT2D eigenvalue weighted by atomic mass is 16.1. The van der Waals surface area contributed by atoms with E-state index in [4.69, 9.17) is 5.73 Å². The number of rotatable bonds is 1. The van der Waals surface area contributed by atoms with Crippen molar-refractivity contribution in [1.29, 1.82) is 0 Å². The second-order valence-electron chi connectivity index (χ2n) is 3.95. The van der Waals surface area contributed by atoms with Gasteiger partial charge in [-0.2, -0.15) is 0 Å². The molecular weight excluding hydrogens is 230 g/mol. The average Bonchev–Trinajstić information content (AvgIpc) is 2.38. The molecule has 5 nitrogen and oxygen atoms in total. The molecule has 0 spiro atoms. The van der Waals surface area contributed by atoms with Crippen molar-refractivity contribution in [3.05, 3.63) is 52.4 Å². The molecule has 0 aliphatic rings. The van der Waals surface area contributed by atoms with Crippen LogP contribution in [0.3, 0.4) is 0 Å². The van der Waals surface area contributed by atoms with Crippen LogP contribution < -0.4 is 11.3 Å². The first-order chi connectivity index (χ1) is 8.68. The lowest BCUT2D eigenvalue weighted by Gasteiger charge is -2.05. The fourth-order valence-corrected chi connectivity index (χ4v) is 2.11. The number of carbonyl (C=O) groups excluding carboxylic acids is 1. The fourth-order valence-electron chi connectivity index (χ4n) is 2.11. The van der Waals surface area contributed by atoms with E-state index >= 15 is 0 Å². The Kier molecular flexibility index (Phi) is 2.13. The number of hydrogen-bond donors (Lipinski definition) is 2. The molecule has 0 unspecified atom stereocenters. The Bertz CT molecular complexity index is 836. The summed E-state index contributed by atoms with van der Waals surface area (Å²) in [5.74, 6) is -0.542. The van der Waals surface area contributed by atoms with Crippen LogP contribution in [0.15, 0.2) is 41.3 Å². The highest BCUT2D eigenvalue weighted by Crippen LogP contribution is 2.22. The molecule has 1 aromatic carbocycles. The van der Waals surface area contributed by atoms with Crippen LogP contribution in [-0.4, -0.2) is 15.9 Å². The Morgan fingerprint density at radius 3 is 2.61 bits per heavy atom. The number of aromatic nitrogens is 2. The highest BCUT2D eigenvalue weighted by Gasteiger charge is 2.12. The van der Waals surface area contributed by atoms with Gasteiger partial charge in [0.05, 0.1) is 5.56 Å². The molecule has 2 heterocycles. The number of nitrogens with two attached hydrogens (primary N) is 1. The molecule has 2 aromatic heterocycles. The van der Waals surface area contributed by atoms with Crippen LogP contribution in [0, 0.1) is 0 Å². The lowest BCUT2D eigenvalue weighted by Crippen LogP contribution is -2.14. The summed E-state index contributed by atoms with van der Waals surface area (Å²) in [5, 5.41) is 1.78. The summed E-state index contributed by atoms with van der Waals surface area (Å²) in [4.78, 5) is 30.0. The van der Waals surface area contributed by atoms with Crippen molar-refractivity contribution in [1.82, 2.24) is 9.97 Å². The van der Waals surface area contributed by atoms with Crippen molar-refractivity contribution in [2.45, 2.75) is 0 Å². The number of nitrogens with zero attached hydrogens (tertiary/aromatic N) is 1. The predicted molar refractivity (Wildman–Crippen MR) is 68.4 cm³/mol. The van der Waals surface area contributed by atoms with Gasteiger partial charge in [-0.3, -0.25) is 9.59 Å². The first kappa shape index (κ1) is 10.5. The molecule has 3 aromatic rings. The highest BCUT2D eigenvalue weighted by molar-refractivity contribution is 6.15. The third-order valence-corrected chi connectivity index (χ3v) is 2.89. The summed E-state index contributed by atoms with van der Waals surface area (Å²) in [6, 6.07) is 8.60. The summed E-state index contributed by atoms with van der Waals surface area (Å²) in [6.07, 6.45) is 1.45. The number of pyridine rings is 2. The molecule has 0 aliphatic heterocycles. The maximum absolute atomic E-state index is 11.9. The lowest BCUT2D eigenvalue weighted by molar-refractivity contribution is 0.100. The number of amides is 1. The summed E-state index contributed by atoms with van der Waals surface area (Å²) < 4.78 is 0. The van der Waals surface area contributed by atoms with Crippen LogP contribution in [0.2, 0.25) is 0 Å². The average molecular weight is 239 g/mol. The molecule has 3 rings (SSSR count). The van der Waals surface area contributed by atoms with E-state index in [0.717, 1.165) is 0 Å². The maximum atomic E-state index is 11.9. The summed E-state index contributed by atoms with van der Waals surface area (Å²) >= 11 is 0. The Morgan fingerprint density at radius 1 is 1.17 bits per heavy atom. The van der Waals surface area contributed by atoms with Gasteiger partial charge in [0.2, 0.25) is 5.91 Å². The molecule has 0 saturated heterocycles. The van der Waals surface area contributed by atoms with Crippen LogP contribution in [0.4, 0.5) is 0 Å². The van der Waals surface area contributed by atoms with E-state index in [0.29, 0.717) is 27.4 Å². The van der Waals surface area contributed by atoms with Crippen molar-refractivity contribution in [3.8, 4) is 0 Å². The van der Waals surface area contributed by atoms with Crippen molar-refractivity contribution in [2.24, 2.45) is 5.73 Å². The van der Waals surface area contributed by atoms with E-state index in [2.05, 4.69) is 9.97 Å². The fraction of sp³-hybridized carbons (Fsp3) is 0. The molecule has 0 saturated carbocycles. The van der Waals surface area contributed by atoms with Gasteiger partial charge in [-0.05, 0) is 17.5 Å². The zero-order chi connectivity index (χ0) is 12.7. The quantitative estimate of drug-likeness (QED) is 0.625. The molecule has 5 heteroatoms. The molecule has 0 bridgehead atoms. The van der Waals surface area contributed by atoms with Crippen molar-refractivity contribution in [3.63, 3.8) is 0 Å². The van der Waals surface area contributed by atoms with Crippen molar-refractivity contribution >= 4 is 27.7 Å². The largest absolute Gasteiger partial charge is 0.366 e. The first-order valence-electron chi connectivity index (χ1n) is 5.38. The van der Waals surface area contributed by atoms with Gasteiger partial charge in [-0.25, -0.2) is 4.98 Å². The number of benzene rings is 1. The molecule has 18 heavy (non-hydrogen) atoms. The third-order valence-electron chi connectivity index (χ3n) is 2.89. The van der Waals surface area contributed by atoms with E-state index in [9.17, 15) is 9.59 Å². The van der Waals surface area contributed by atoms with Gasteiger partial charge in [0.1, 0.15) is 5.65 Å². The van der Waals surface area contributed by atoms with Crippen LogP contribution in [0.25, 0.3) is 21.8 Å². The van der Waals surface area contributed by atoms with E-state index in [1.165, 1.54) is 6.20 Å². The Hall–Kier alpha value is -2.69. The number of primary amides is 1.